The number of nitrogens with zero attached hydrogens (tertiary/aromatic N) is 2. The first-order valence-electron chi connectivity index (χ1n) is 6.22. The third-order valence-electron chi connectivity index (χ3n) is 2.80. The van der Waals surface area contributed by atoms with Crippen LogP contribution in [0, 0.1) is 0 Å². The molecule has 0 bridgehead atoms. The van der Waals surface area contributed by atoms with Crippen molar-refractivity contribution in [3.8, 4) is 0 Å². The zero-order valence-electron chi connectivity index (χ0n) is 10.5. The van der Waals surface area contributed by atoms with Gasteiger partial charge in [0.05, 0.1) is 5.75 Å². The van der Waals surface area contributed by atoms with E-state index in [-0.39, 0.29) is 11.7 Å². The largest absolute Gasteiger partial charge is 0.416 e. The first-order valence-corrected chi connectivity index (χ1v) is 8.00. The van der Waals surface area contributed by atoms with Crippen LogP contribution in [0.2, 0.25) is 0 Å². The molecule has 3 rings (SSSR count). The maximum Gasteiger partial charge on any atom is 0.277 e. The van der Waals surface area contributed by atoms with Crippen molar-refractivity contribution in [3.63, 3.8) is 0 Å². The predicted molar refractivity (Wildman–Crippen MR) is 79.8 cm³/mol. The summed E-state index contributed by atoms with van der Waals surface area (Å²) in [5.41, 5.74) is 0.767. The van der Waals surface area contributed by atoms with Crippen LogP contribution in [0.15, 0.2) is 38.4 Å². The van der Waals surface area contributed by atoms with Crippen molar-refractivity contribution >= 4 is 39.3 Å². The second-order valence-corrected chi connectivity index (χ2v) is 6.37. The number of carbonyl (C=O) groups excluding carboxylic acids is 1. The summed E-state index contributed by atoms with van der Waals surface area (Å²) >= 11 is 4.60. The molecule has 0 saturated heterocycles. The molecule has 20 heavy (non-hydrogen) atoms. The molecule has 1 saturated carbocycles. The van der Waals surface area contributed by atoms with Crippen LogP contribution in [-0.2, 0) is 4.79 Å². The topological polar surface area (TPSA) is 68.0 Å². The summed E-state index contributed by atoms with van der Waals surface area (Å²) in [6.45, 7) is 0. The number of halogens is 1. The van der Waals surface area contributed by atoms with Crippen LogP contribution in [-0.4, -0.2) is 21.9 Å². The molecule has 5 nitrogen and oxygen atoms in total. The van der Waals surface area contributed by atoms with Crippen LogP contribution >= 0.6 is 27.7 Å². The second kappa shape index (κ2) is 5.97. The van der Waals surface area contributed by atoms with Gasteiger partial charge < -0.3 is 9.73 Å². The number of nitrogens with one attached hydrogen (secondary N) is 1. The highest BCUT2D eigenvalue weighted by Gasteiger charge is 2.29. The summed E-state index contributed by atoms with van der Waals surface area (Å²) in [5, 5.41) is 11.2. The average Bonchev–Trinajstić information content (AvgIpc) is 3.18. The lowest BCUT2D eigenvalue weighted by Gasteiger charge is -2.03. The lowest BCUT2D eigenvalue weighted by Crippen LogP contribution is -2.13. The monoisotopic (exact) mass is 353 g/mol. The molecule has 1 aromatic heterocycles. The quantitative estimate of drug-likeness (QED) is 0.833. The number of hydrogen-bond donors (Lipinski definition) is 1. The number of thioether (sulfide) groups is 1. The van der Waals surface area contributed by atoms with Gasteiger partial charge in [-0.05, 0) is 37.1 Å². The molecule has 104 valence electrons. The van der Waals surface area contributed by atoms with Crippen molar-refractivity contribution in [3.05, 3.63) is 34.6 Å². The van der Waals surface area contributed by atoms with Crippen LogP contribution in [0.25, 0.3) is 0 Å². The zero-order valence-corrected chi connectivity index (χ0v) is 12.9. The molecule has 0 unspecified atom stereocenters. The molecular formula is C13H12BrN3O2S. The van der Waals surface area contributed by atoms with Gasteiger partial charge in [-0.3, -0.25) is 4.79 Å². The van der Waals surface area contributed by atoms with E-state index in [2.05, 4.69) is 31.4 Å². The number of carbonyl (C=O) groups is 1. The van der Waals surface area contributed by atoms with E-state index in [1.807, 2.05) is 24.3 Å². The van der Waals surface area contributed by atoms with Crippen molar-refractivity contribution in [2.45, 2.75) is 24.0 Å². The highest BCUT2D eigenvalue weighted by Crippen LogP contribution is 2.39. The van der Waals surface area contributed by atoms with E-state index in [4.69, 9.17) is 4.42 Å². The summed E-state index contributed by atoms with van der Waals surface area (Å²) in [4.78, 5) is 11.8. The van der Waals surface area contributed by atoms with Gasteiger partial charge in [-0.1, -0.05) is 27.7 Å². The minimum atomic E-state index is -0.0940. The van der Waals surface area contributed by atoms with Gasteiger partial charge in [-0.25, -0.2) is 0 Å². The Bertz CT molecular complexity index is 610. The van der Waals surface area contributed by atoms with Crippen LogP contribution in [0.5, 0.6) is 0 Å². The van der Waals surface area contributed by atoms with E-state index in [9.17, 15) is 4.79 Å². The fraction of sp³-hybridized carbons (Fsp3) is 0.308. The van der Waals surface area contributed by atoms with Gasteiger partial charge in [-0.2, -0.15) is 0 Å². The SMILES string of the molecule is O=C(CSc1nnc(C2CC2)o1)Nc1ccc(Br)cc1. The first-order chi connectivity index (χ1) is 9.70. The molecule has 1 aromatic carbocycles. The van der Waals surface area contributed by atoms with Gasteiger partial charge in [-0.15, -0.1) is 10.2 Å². The molecule has 1 heterocycles. The summed E-state index contributed by atoms with van der Waals surface area (Å²) in [6, 6.07) is 7.43. The number of hydrogen-bond acceptors (Lipinski definition) is 5. The molecule has 1 aliphatic rings. The van der Waals surface area contributed by atoms with E-state index >= 15 is 0 Å². The Labute approximate surface area is 128 Å². The maximum atomic E-state index is 11.8. The molecule has 1 N–H and O–H groups in total. The fourth-order valence-electron chi connectivity index (χ4n) is 1.63. The Balaban J connectivity index is 1.49. The Morgan fingerprint density at radius 2 is 2.10 bits per heavy atom. The summed E-state index contributed by atoms with van der Waals surface area (Å²) in [7, 11) is 0. The van der Waals surface area contributed by atoms with Gasteiger partial charge in [0.25, 0.3) is 5.22 Å². The summed E-state index contributed by atoms with van der Waals surface area (Å²) < 4.78 is 6.45. The van der Waals surface area contributed by atoms with E-state index in [1.165, 1.54) is 11.8 Å². The van der Waals surface area contributed by atoms with Crippen molar-refractivity contribution in [2.75, 3.05) is 11.1 Å². The zero-order chi connectivity index (χ0) is 13.9. The lowest BCUT2D eigenvalue weighted by molar-refractivity contribution is -0.113. The van der Waals surface area contributed by atoms with Gasteiger partial charge in [0.15, 0.2) is 0 Å². The van der Waals surface area contributed by atoms with Crippen LogP contribution in [0.1, 0.15) is 24.7 Å². The Kier molecular flexibility index (Phi) is 4.07. The van der Waals surface area contributed by atoms with Crippen LogP contribution < -0.4 is 5.32 Å². The third kappa shape index (κ3) is 3.61. The highest BCUT2D eigenvalue weighted by atomic mass is 79.9. The van der Waals surface area contributed by atoms with E-state index in [0.29, 0.717) is 17.0 Å². The number of amides is 1. The summed E-state index contributed by atoms with van der Waals surface area (Å²) in [6.07, 6.45) is 2.24. The average molecular weight is 354 g/mol. The van der Waals surface area contributed by atoms with Crippen molar-refractivity contribution in [2.24, 2.45) is 0 Å². The fourth-order valence-corrected chi connectivity index (χ4v) is 2.47. The highest BCUT2D eigenvalue weighted by molar-refractivity contribution is 9.10. The minimum absolute atomic E-state index is 0.0940. The predicted octanol–water partition coefficient (Wildman–Crippen LogP) is 3.44. The lowest BCUT2D eigenvalue weighted by atomic mass is 10.3. The molecular weight excluding hydrogens is 342 g/mol. The van der Waals surface area contributed by atoms with Crippen molar-refractivity contribution in [1.82, 2.24) is 10.2 Å². The van der Waals surface area contributed by atoms with E-state index in [1.54, 1.807) is 0 Å². The Hall–Kier alpha value is -1.34. The van der Waals surface area contributed by atoms with Gasteiger partial charge in [0, 0.05) is 16.1 Å². The summed E-state index contributed by atoms with van der Waals surface area (Å²) in [5.74, 6) is 1.29. The maximum absolute atomic E-state index is 11.8. The van der Waals surface area contributed by atoms with Crippen molar-refractivity contribution in [1.29, 1.82) is 0 Å². The molecule has 0 radical (unpaired) electrons. The standard InChI is InChI=1S/C13H12BrN3O2S/c14-9-3-5-10(6-4-9)15-11(18)7-20-13-17-16-12(19-13)8-1-2-8/h3-6,8H,1-2,7H2,(H,15,18). The number of aromatic nitrogens is 2. The third-order valence-corrected chi connectivity index (χ3v) is 4.15. The molecule has 0 spiro atoms. The number of benzene rings is 1. The molecule has 1 amide bonds. The smallest absolute Gasteiger partial charge is 0.277 e. The van der Waals surface area contributed by atoms with Gasteiger partial charge in [0.2, 0.25) is 11.8 Å². The molecule has 0 aliphatic heterocycles. The number of anilines is 1. The van der Waals surface area contributed by atoms with Gasteiger partial charge >= 0.3 is 0 Å². The first kappa shape index (κ1) is 13.6. The second-order valence-electron chi connectivity index (χ2n) is 4.52. The number of rotatable bonds is 5. The van der Waals surface area contributed by atoms with E-state index in [0.717, 1.165) is 23.0 Å². The molecule has 7 heteroatoms. The molecule has 1 fully saturated rings. The molecule has 2 aromatic rings. The van der Waals surface area contributed by atoms with Crippen LogP contribution in [0.3, 0.4) is 0 Å². The van der Waals surface area contributed by atoms with E-state index < -0.39 is 0 Å². The van der Waals surface area contributed by atoms with Gasteiger partial charge in [0.1, 0.15) is 0 Å². The normalized spacial score (nSPS) is 14.2. The molecule has 1 aliphatic carbocycles. The minimum Gasteiger partial charge on any atom is -0.416 e. The Morgan fingerprint density at radius 3 is 2.80 bits per heavy atom. The van der Waals surface area contributed by atoms with Crippen LogP contribution in [0.4, 0.5) is 5.69 Å². The molecule has 0 atom stereocenters. The van der Waals surface area contributed by atoms with Crippen molar-refractivity contribution < 1.29 is 9.21 Å². The Morgan fingerprint density at radius 1 is 1.35 bits per heavy atom.